The summed E-state index contributed by atoms with van der Waals surface area (Å²) in [6, 6.07) is 3.51. The number of carbonyl (C=O) groups is 1. The van der Waals surface area contributed by atoms with E-state index in [-0.39, 0.29) is 48.8 Å². The van der Waals surface area contributed by atoms with Gasteiger partial charge in [-0.05, 0) is 0 Å². The fourth-order valence-electron chi connectivity index (χ4n) is 2.02. The first-order chi connectivity index (χ1) is 12.2. The number of hydrogen-bond donors (Lipinski definition) is 1. The standard InChI is InChI=1S/C16H17N4O4S.U.V/c1-11-14(16(17)20-10-19-11)6-5-12-3-4-13(24-12)7-8-18-15(21)9-25(2,22)23;;/h1,3-4,6,10H,7-9H2,2H3,(H3,17,18,19,20,21);;/q-1;;/p-1/b14-6+;;. The Labute approximate surface area is 189 Å². The van der Waals surface area contributed by atoms with Gasteiger partial charge >= 0.3 is 160 Å². The molecule has 2 aromatic heterocycles. The third-order valence-electron chi connectivity index (χ3n) is 3.20. The SMILES string of the molecule is [CH-]=c1ncnc([NH-])/c1=C/[C](=[V])c1ccc(CCNC(=O)CS(C)(=O)=O)o1.[U]. The van der Waals surface area contributed by atoms with Crippen LogP contribution in [0.1, 0.15) is 11.5 Å². The van der Waals surface area contributed by atoms with E-state index in [4.69, 9.17) is 16.7 Å². The Morgan fingerprint density at radius 3 is 2.74 bits per heavy atom. The minimum atomic E-state index is -3.34. The first-order valence-electron chi connectivity index (χ1n) is 7.42. The maximum absolute atomic E-state index is 11.5. The van der Waals surface area contributed by atoms with Gasteiger partial charge in [0.2, 0.25) is 0 Å². The largest absolute Gasteiger partial charge is 0 e. The van der Waals surface area contributed by atoms with Crippen molar-refractivity contribution in [2.24, 2.45) is 0 Å². The monoisotopic (exact) mass is 649 g/mol. The second-order valence-corrected chi connectivity index (χ2v) is 8.38. The normalized spacial score (nSPS) is 11.6. The molecule has 0 bridgehead atoms. The predicted octanol–water partition coefficient (Wildman–Crippen LogP) is -0.708. The third kappa shape index (κ3) is 7.76. The molecule has 1 amide bonds. The van der Waals surface area contributed by atoms with Gasteiger partial charge in [-0.1, -0.05) is 0 Å². The van der Waals surface area contributed by atoms with E-state index in [0.717, 1.165) is 6.26 Å². The van der Waals surface area contributed by atoms with Crippen molar-refractivity contribution in [1.29, 1.82) is 0 Å². The molecule has 0 spiro atoms. The maximum Gasteiger partial charge on any atom is 0 e. The van der Waals surface area contributed by atoms with Crippen LogP contribution in [0, 0.1) is 31.1 Å². The van der Waals surface area contributed by atoms with Gasteiger partial charge in [0.05, 0.1) is 0 Å². The molecule has 0 radical (unpaired) electrons. The number of furan rings is 1. The van der Waals surface area contributed by atoms with Crippen LogP contribution in [-0.4, -0.2) is 47.1 Å². The van der Waals surface area contributed by atoms with Gasteiger partial charge in [-0.2, -0.15) is 0 Å². The molecule has 0 saturated carbocycles. The van der Waals surface area contributed by atoms with Crippen LogP contribution in [-0.2, 0) is 38.0 Å². The number of hydrogen-bond acceptors (Lipinski definition) is 6. The summed E-state index contributed by atoms with van der Waals surface area (Å²) in [5.41, 5.74) is 7.77. The molecule has 11 heteroatoms. The molecule has 2 N–H and O–H groups in total. The van der Waals surface area contributed by atoms with Crippen LogP contribution in [0.4, 0.5) is 5.82 Å². The van der Waals surface area contributed by atoms with Crippen molar-refractivity contribution < 1.29 is 65.7 Å². The van der Waals surface area contributed by atoms with E-state index in [0.29, 0.717) is 27.4 Å². The summed E-state index contributed by atoms with van der Waals surface area (Å²) in [4.78, 5) is 19.1. The molecule has 141 valence electrons. The van der Waals surface area contributed by atoms with Gasteiger partial charge in [0.15, 0.2) is 0 Å². The van der Waals surface area contributed by atoms with Gasteiger partial charge in [0.25, 0.3) is 0 Å². The smallest absolute Gasteiger partial charge is 0 e. The van der Waals surface area contributed by atoms with E-state index in [1.165, 1.54) is 6.33 Å². The van der Waals surface area contributed by atoms with Crippen LogP contribution < -0.4 is 15.9 Å². The van der Waals surface area contributed by atoms with Crippen molar-refractivity contribution >= 4 is 38.4 Å². The summed E-state index contributed by atoms with van der Waals surface area (Å²) in [5, 5.41) is 3.13. The molecule has 2 aromatic rings. The van der Waals surface area contributed by atoms with Gasteiger partial charge in [-0.15, -0.1) is 0 Å². The molecule has 2 rings (SSSR count). The first kappa shape index (κ1) is 23.9. The second-order valence-electron chi connectivity index (χ2n) is 5.49. The van der Waals surface area contributed by atoms with Crippen LogP contribution in [0.3, 0.4) is 0 Å². The van der Waals surface area contributed by atoms with Gasteiger partial charge in [-0.3, -0.25) is 0 Å². The van der Waals surface area contributed by atoms with Crippen LogP contribution >= 0.6 is 0 Å². The van der Waals surface area contributed by atoms with E-state index in [1.54, 1.807) is 18.2 Å². The summed E-state index contributed by atoms with van der Waals surface area (Å²) in [7, 11) is -3.34. The fraction of sp³-hybridized carbons (Fsp3) is 0.250. The van der Waals surface area contributed by atoms with E-state index in [9.17, 15) is 13.2 Å². The van der Waals surface area contributed by atoms with Gasteiger partial charge in [0.1, 0.15) is 0 Å². The zero-order valence-electron chi connectivity index (χ0n) is 14.4. The number of amides is 1. The Kier molecular flexibility index (Phi) is 9.19. The Balaban J connectivity index is 0.00000364. The summed E-state index contributed by atoms with van der Waals surface area (Å²) in [6.45, 7) is 6.01. The molecule has 0 aromatic carbocycles. The van der Waals surface area contributed by atoms with Gasteiger partial charge in [0, 0.05) is 31.1 Å². The van der Waals surface area contributed by atoms with E-state index in [1.807, 2.05) is 0 Å². The quantitative estimate of drug-likeness (QED) is 0.396. The Bertz CT molecular complexity index is 1050. The number of carbonyl (C=O) groups excluding carboxylic acids is 1. The minimum Gasteiger partial charge on any atom is 0 e. The molecule has 0 fully saturated rings. The van der Waals surface area contributed by atoms with Crippen molar-refractivity contribution in [3.63, 3.8) is 0 Å². The van der Waals surface area contributed by atoms with Crippen LogP contribution in [0.25, 0.3) is 18.4 Å². The maximum atomic E-state index is 11.5. The van der Waals surface area contributed by atoms with Crippen molar-refractivity contribution in [2.75, 3.05) is 18.6 Å². The first-order valence-corrected chi connectivity index (χ1v) is 10.2. The molecule has 0 unspecified atom stereocenters. The number of aromatic nitrogens is 2. The van der Waals surface area contributed by atoms with Crippen LogP contribution in [0.15, 0.2) is 22.9 Å². The molecule has 8 nitrogen and oxygen atoms in total. The number of nitrogens with one attached hydrogen (secondary N) is 2. The van der Waals surface area contributed by atoms with Crippen molar-refractivity contribution in [3.8, 4) is 0 Å². The molecular weight excluding hydrogens is 633 g/mol. The Morgan fingerprint density at radius 2 is 2.11 bits per heavy atom. The molecule has 2 heterocycles. The Hall–Kier alpha value is -1.17. The van der Waals surface area contributed by atoms with Crippen molar-refractivity contribution in [1.82, 2.24) is 15.3 Å². The molecule has 0 aliphatic rings. The summed E-state index contributed by atoms with van der Waals surface area (Å²) in [6.07, 6.45) is 4.29. The average molecular weight is 649 g/mol. The average Bonchev–Trinajstić information content (AvgIpc) is 2.98. The summed E-state index contributed by atoms with van der Waals surface area (Å²) in [5.74, 6) is 0.118. The fourth-order valence-corrected chi connectivity index (χ4v) is 2.99. The molecule has 0 aliphatic carbocycles. The van der Waals surface area contributed by atoms with Crippen LogP contribution in [0.5, 0.6) is 0 Å². The molecule has 0 atom stereocenters. The topological polar surface area (TPSA) is 126 Å². The zero-order valence-corrected chi connectivity index (χ0v) is 20.8. The van der Waals surface area contributed by atoms with Gasteiger partial charge < -0.3 is 0 Å². The summed E-state index contributed by atoms with van der Waals surface area (Å²) >= 11 is 2.33. The van der Waals surface area contributed by atoms with Gasteiger partial charge in [-0.25, -0.2) is 0 Å². The second kappa shape index (κ2) is 10.4. The molecule has 27 heavy (non-hydrogen) atoms. The molecular formula is C16H16N4O4SUV-2. The Morgan fingerprint density at radius 1 is 1.41 bits per heavy atom. The summed E-state index contributed by atoms with van der Waals surface area (Å²) < 4.78 is 28.4. The van der Waals surface area contributed by atoms with E-state index >= 15 is 0 Å². The van der Waals surface area contributed by atoms with E-state index < -0.39 is 21.5 Å². The third-order valence-corrected chi connectivity index (χ3v) is 4.53. The van der Waals surface area contributed by atoms with Crippen LogP contribution in [0.2, 0.25) is 0 Å². The zero-order chi connectivity index (χ0) is 19.3. The predicted molar refractivity (Wildman–Crippen MR) is 93.4 cm³/mol. The minimum absolute atomic E-state index is 0. The molecule has 0 saturated heterocycles. The van der Waals surface area contributed by atoms with Crippen molar-refractivity contribution in [2.45, 2.75) is 6.42 Å². The number of sulfone groups is 1. The van der Waals surface area contributed by atoms with Crippen molar-refractivity contribution in [3.05, 3.63) is 46.3 Å². The van der Waals surface area contributed by atoms with E-state index in [2.05, 4.69) is 32.3 Å². The number of nitrogens with zero attached hydrogens (tertiary/aromatic N) is 2. The molecule has 0 aliphatic heterocycles. The number of rotatable bonds is 7.